The molecule has 1 N–H and O–H groups in total. The maximum atomic E-state index is 6.09. The zero-order valence-electron chi connectivity index (χ0n) is 11.0. The first-order chi connectivity index (χ1) is 9.17. The summed E-state index contributed by atoms with van der Waals surface area (Å²) in [5, 5.41) is 3.58. The van der Waals surface area contributed by atoms with Crippen molar-refractivity contribution in [2.45, 2.75) is 25.8 Å². The minimum Gasteiger partial charge on any atom is -0.495 e. The van der Waals surface area contributed by atoms with Crippen molar-refractivity contribution in [1.82, 2.24) is 0 Å². The van der Waals surface area contributed by atoms with E-state index in [1.807, 2.05) is 0 Å². The normalized spacial score (nSPS) is 17.3. The molecule has 1 aromatic carbocycles. The summed E-state index contributed by atoms with van der Waals surface area (Å²) < 4.78 is 6.33. The van der Waals surface area contributed by atoms with Gasteiger partial charge in [-0.25, -0.2) is 0 Å². The van der Waals surface area contributed by atoms with Crippen LogP contribution in [0.1, 0.15) is 28.5 Å². The molecule has 0 radical (unpaired) electrons. The first-order valence-electron chi connectivity index (χ1n) is 6.36. The molecule has 2 aromatic rings. The maximum Gasteiger partial charge on any atom is 0.142 e. The second-order valence-corrected chi connectivity index (χ2v) is 6.64. The molecule has 19 heavy (non-hydrogen) atoms. The Bertz CT molecular complexity index is 608. The summed E-state index contributed by atoms with van der Waals surface area (Å²) in [6, 6.07) is 8.67. The number of fused-ring (bicyclic) bond motifs is 1. The molecule has 0 amide bonds. The minimum absolute atomic E-state index is 0.343. The molecule has 100 valence electrons. The Morgan fingerprint density at radius 1 is 1.37 bits per heavy atom. The van der Waals surface area contributed by atoms with Crippen LogP contribution in [0, 0.1) is 6.92 Å². The number of anilines is 1. The van der Waals surface area contributed by atoms with Crippen LogP contribution in [-0.2, 0) is 6.42 Å². The van der Waals surface area contributed by atoms with E-state index in [0.29, 0.717) is 6.04 Å². The van der Waals surface area contributed by atoms with Crippen LogP contribution in [0.25, 0.3) is 0 Å². The van der Waals surface area contributed by atoms with Gasteiger partial charge in [-0.15, -0.1) is 11.3 Å². The Balaban J connectivity index is 1.86. The van der Waals surface area contributed by atoms with Gasteiger partial charge in [0.25, 0.3) is 0 Å². The van der Waals surface area contributed by atoms with Crippen molar-refractivity contribution in [2.24, 2.45) is 0 Å². The minimum atomic E-state index is 0.343. The van der Waals surface area contributed by atoms with Crippen LogP contribution >= 0.6 is 22.9 Å². The van der Waals surface area contributed by atoms with Gasteiger partial charge in [0, 0.05) is 4.88 Å². The second kappa shape index (κ2) is 5.06. The molecule has 0 aliphatic heterocycles. The van der Waals surface area contributed by atoms with Gasteiger partial charge in [-0.1, -0.05) is 17.7 Å². The molecule has 1 atom stereocenters. The number of ether oxygens (including phenoxy) is 1. The van der Waals surface area contributed by atoms with Crippen molar-refractivity contribution in [2.75, 3.05) is 12.4 Å². The Labute approximate surface area is 122 Å². The van der Waals surface area contributed by atoms with Crippen LogP contribution in [0.4, 0.5) is 5.69 Å². The third-order valence-corrected chi connectivity index (χ3v) is 4.87. The number of methoxy groups -OCH3 is 1. The standard InChI is InChI=1S/C15H16ClNOS/c1-9-3-4-12(13(7-9)18-2)17-11-5-6-14-10(11)8-15(16)19-14/h3-4,7-8,11,17H,5-6H2,1-2H3. The number of hydrogen-bond acceptors (Lipinski definition) is 3. The highest BCUT2D eigenvalue weighted by atomic mass is 35.5. The molecule has 1 aliphatic rings. The van der Waals surface area contributed by atoms with Crippen molar-refractivity contribution in [3.05, 3.63) is 44.6 Å². The van der Waals surface area contributed by atoms with Crippen LogP contribution in [0.15, 0.2) is 24.3 Å². The van der Waals surface area contributed by atoms with E-state index < -0.39 is 0 Å². The van der Waals surface area contributed by atoms with Gasteiger partial charge < -0.3 is 10.1 Å². The van der Waals surface area contributed by atoms with Crippen LogP contribution in [-0.4, -0.2) is 7.11 Å². The molecule has 2 nitrogen and oxygen atoms in total. The van der Waals surface area contributed by atoms with Gasteiger partial charge >= 0.3 is 0 Å². The topological polar surface area (TPSA) is 21.3 Å². The van der Waals surface area contributed by atoms with Crippen molar-refractivity contribution >= 4 is 28.6 Å². The summed E-state index contributed by atoms with van der Waals surface area (Å²) in [7, 11) is 1.71. The van der Waals surface area contributed by atoms with Gasteiger partial charge in [-0.2, -0.15) is 0 Å². The van der Waals surface area contributed by atoms with Gasteiger partial charge in [0.15, 0.2) is 0 Å². The molecule has 4 heteroatoms. The van der Waals surface area contributed by atoms with Gasteiger partial charge in [0.1, 0.15) is 5.75 Å². The summed E-state index contributed by atoms with van der Waals surface area (Å²) in [5.74, 6) is 0.898. The number of rotatable bonds is 3. The van der Waals surface area contributed by atoms with Gasteiger partial charge in [-0.3, -0.25) is 0 Å². The molecule has 1 heterocycles. The molecular formula is C15H16ClNOS. The average Bonchev–Trinajstić information content (AvgIpc) is 2.92. The monoisotopic (exact) mass is 293 g/mol. The van der Waals surface area contributed by atoms with Crippen LogP contribution in [0.2, 0.25) is 4.34 Å². The number of aryl methyl sites for hydroxylation is 2. The van der Waals surface area contributed by atoms with Gasteiger partial charge in [-0.05, 0) is 49.1 Å². The largest absolute Gasteiger partial charge is 0.495 e. The number of hydrogen-bond donors (Lipinski definition) is 1. The highest BCUT2D eigenvalue weighted by molar-refractivity contribution is 7.16. The zero-order valence-corrected chi connectivity index (χ0v) is 12.6. The van der Waals surface area contributed by atoms with Gasteiger partial charge in [0.05, 0.1) is 23.2 Å². The zero-order chi connectivity index (χ0) is 13.4. The maximum absolute atomic E-state index is 6.09. The molecule has 0 saturated carbocycles. The fourth-order valence-corrected chi connectivity index (χ4v) is 3.94. The Hall–Kier alpha value is -1.19. The Morgan fingerprint density at radius 2 is 2.21 bits per heavy atom. The van der Waals surface area contributed by atoms with E-state index >= 15 is 0 Å². The predicted molar refractivity (Wildman–Crippen MR) is 81.7 cm³/mol. The molecular weight excluding hydrogens is 278 g/mol. The fraction of sp³-hybridized carbons (Fsp3) is 0.333. The van der Waals surface area contributed by atoms with E-state index in [2.05, 4.69) is 36.5 Å². The van der Waals surface area contributed by atoms with E-state index in [0.717, 1.165) is 28.6 Å². The number of nitrogens with one attached hydrogen (secondary N) is 1. The summed E-state index contributed by atoms with van der Waals surface area (Å²) >= 11 is 7.79. The van der Waals surface area contributed by atoms with Gasteiger partial charge in [0.2, 0.25) is 0 Å². The van der Waals surface area contributed by atoms with E-state index in [9.17, 15) is 0 Å². The summed E-state index contributed by atoms with van der Waals surface area (Å²) in [5.41, 5.74) is 3.60. The van der Waals surface area contributed by atoms with Crippen molar-refractivity contribution in [3.8, 4) is 5.75 Å². The quantitative estimate of drug-likeness (QED) is 0.876. The lowest BCUT2D eigenvalue weighted by Gasteiger charge is -2.17. The van der Waals surface area contributed by atoms with E-state index in [-0.39, 0.29) is 0 Å². The summed E-state index contributed by atoms with van der Waals surface area (Å²) in [4.78, 5) is 1.41. The van der Waals surface area contributed by atoms with Crippen molar-refractivity contribution in [3.63, 3.8) is 0 Å². The van der Waals surface area contributed by atoms with E-state index in [1.165, 1.54) is 16.0 Å². The van der Waals surface area contributed by atoms with Crippen molar-refractivity contribution < 1.29 is 4.74 Å². The first kappa shape index (κ1) is 12.8. The highest BCUT2D eigenvalue weighted by Gasteiger charge is 2.25. The molecule has 1 aromatic heterocycles. The van der Waals surface area contributed by atoms with Crippen LogP contribution in [0.3, 0.4) is 0 Å². The van der Waals surface area contributed by atoms with Crippen LogP contribution in [0.5, 0.6) is 5.75 Å². The van der Waals surface area contributed by atoms with Crippen LogP contribution < -0.4 is 10.1 Å². The lowest BCUT2D eigenvalue weighted by atomic mass is 10.1. The molecule has 1 unspecified atom stereocenters. The average molecular weight is 294 g/mol. The lowest BCUT2D eigenvalue weighted by molar-refractivity contribution is 0.415. The molecule has 0 fully saturated rings. The molecule has 0 bridgehead atoms. The molecule has 0 spiro atoms. The third-order valence-electron chi connectivity index (χ3n) is 3.53. The molecule has 1 aliphatic carbocycles. The second-order valence-electron chi connectivity index (χ2n) is 4.87. The summed E-state index contributed by atoms with van der Waals surface area (Å²) in [6.07, 6.45) is 2.23. The Kier molecular flexibility index (Phi) is 3.42. The number of benzene rings is 1. The lowest BCUT2D eigenvalue weighted by Crippen LogP contribution is -2.07. The summed E-state index contributed by atoms with van der Waals surface area (Å²) in [6.45, 7) is 2.07. The number of thiophene rings is 1. The predicted octanol–water partition coefficient (Wildman–Crippen LogP) is 4.82. The highest BCUT2D eigenvalue weighted by Crippen LogP contribution is 2.42. The molecule has 0 saturated heterocycles. The number of halogens is 1. The van der Waals surface area contributed by atoms with E-state index in [1.54, 1.807) is 18.4 Å². The third kappa shape index (κ3) is 2.45. The SMILES string of the molecule is COc1cc(C)ccc1NC1CCc2sc(Cl)cc21. The Morgan fingerprint density at radius 3 is 3.00 bits per heavy atom. The smallest absolute Gasteiger partial charge is 0.142 e. The van der Waals surface area contributed by atoms with E-state index in [4.69, 9.17) is 16.3 Å². The van der Waals surface area contributed by atoms with Crippen molar-refractivity contribution in [1.29, 1.82) is 0 Å². The first-order valence-corrected chi connectivity index (χ1v) is 7.56. The fourth-order valence-electron chi connectivity index (χ4n) is 2.59. The molecule has 3 rings (SSSR count).